The fourth-order valence-electron chi connectivity index (χ4n) is 2.72. The third kappa shape index (κ3) is 4.16. The van der Waals surface area contributed by atoms with E-state index in [1.807, 2.05) is 18.2 Å². The summed E-state index contributed by atoms with van der Waals surface area (Å²) in [4.78, 5) is 13.3. The second-order valence-electron chi connectivity index (χ2n) is 6.11. The summed E-state index contributed by atoms with van der Waals surface area (Å²) in [6, 6.07) is 13.8. The highest BCUT2D eigenvalue weighted by atomic mass is 32.2. The van der Waals surface area contributed by atoms with Gasteiger partial charge in [-0.15, -0.1) is 21.5 Å². The number of ether oxygens (including phenoxy) is 1. The molecule has 0 saturated heterocycles. The van der Waals surface area contributed by atoms with Crippen LogP contribution in [-0.2, 0) is 11.2 Å². The van der Waals surface area contributed by atoms with Gasteiger partial charge in [-0.3, -0.25) is 0 Å². The first-order chi connectivity index (χ1) is 12.8. The lowest BCUT2D eigenvalue weighted by molar-refractivity contribution is 0.0530. The number of hydrogen-bond donors (Lipinski definition) is 0. The molecule has 2 heterocycles. The lowest BCUT2D eigenvalue weighted by Crippen LogP contribution is -2.08. The van der Waals surface area contributed by atoms with E-state index in [-0.39, 0.29) is 5.97 Å². The Kier molecular flexibility index (Phi) is 5.36. The number of thiophene rings is 1. The van der Waals surface area contributed by atoms with E-state index in [1.54, 1.807) is 35.2 Å². The van der Waals surface area contributed by atoms with Crippen LogP contribution in [0.3, 0.4) is 0 Å². The Hall–Kier alpha value is -2.12. The van der Waals surface area contributed by atoms with Crippen molar-refractivity contribution in [3.05, 3.63) is 64.1 Å². The van der Waals surface area contributed by atoms with Crippen molar-refractivity contribution >= 4 is 29.1 Å². The average Bonchev–Trinajstić information content (AvgIpc) is 3.22. The van der Waals surface area contributed by atoms with E-state index in [2.05, 4.69) is 32.3 Å². The molecule has 26 heavy (non-hydrogen) atoms. The summed E-state index contributed by atoms with van der Waals surface area (Å²) < 4.78 is 7.61. The Morgan fingerprint density at radius 1 is 1.19 bits per heavy atom. The Morgan fingerprint density at radius 2 is 2.04 bits per heavy atom. The highest BCUT2D eigenvalue weighted by molar-refractivity contribution is 7.99. The number of esters is 1. The minimum atomic E-state index is -0.284. The van der Waals surface area contributed by atoms with Crippen LogP contribution in [0.15, 0.2) is 53.0 Å². The van der Waals surface area contributed by atoms with Gasteiger partial charge in [0.25, 0.3) is 0 Å². The van der Waals surface area contributed by atoms with Gasteiger partial charge in [0, 0.05) is 23.1 Å². The minimum absolute atomic E-state index is 0.284. The van der Waals surface area contributed by atoms with Crippen molar-refractivity contribution in [2.75, 3.05) is 12.4 Å². The van der Waals surface area contributed by atoms with Gasteiger partial charge in [-0.05, 0) is 36.4 Å². The fraction of sp³-hybridized carbons (Fsp3) is 0.316. The molecule has 134 valence electrons. The topological polar surface area (TPSA) is 57.0 Å². The number of nitrogens with zero attached hydrogens (tertiary/aromatic N) is 3. The van der Waals surface area contributed by atoms with Crippen LogP contribution < -0.4 is 0 Å². The zero-order chi connectivity index (χ0) is 17.8. The fourth-order valence-corrected chi connectivity index (χ4v) is 4.26. The number of carbonyl (C=O) groups is 1. The standard InChI is InChI=1S/C19H19N3O2S2/c23-18(14-5-2-1-3-6-14)24-10-12-26-19-21-20-17(22(19)15-8-9-15)13-16-7-4-11-25-16/h1-7,11,15H,8-10,12-13H2. The van der Waals surface area contributed by atoms with Crippen molar-refractivity contribution < 1.29 is 9.53 Å². The molecular formula is C19H19N3O2S2. The molecule has 3 aromatic rings. The summed E-state index contributed by atoms with van der Waals surface area (Å²) >= 11 is 3.35. The maximum absolute atomic E-state index is 12.0. The first-order valence-electron chi connectivity index (χ1n) is 8.62. The summed E-state index contributed by atoms with van der Waals surface area (Å²) in [6.45, 7) is 0.357. The van der Waals surface area contributed by atoms with E-state index in [4.69, 9.17) is 4.74 Å². The lowest BCUT2D eigenvalue weighted by Gasteiger charge is -2.08. The molecule has 1 aliphatic carbocycles. The normalized spacial score (nSPS) is 13.7. The number of aromatic nitrogens is 3. The first-order valence-corrected chi connectivity index (χ1v) is 10.5. The Balaban J connectivity index is 1.33. The van der Waals surface area contributed by atoms with E-state index in [9.17, 15) is 4.79 Å². The third-order valence-electron chi connectivity index (χ3n) is 4.12. The summed E-state index contributed by atoms with van der Waals surface area (Å²) in [5.41, 5.74) is 0.580. The van der Waals surface area contributed by atoms with Gasteiger partial charge in [0.05, 0.1) is 5.56 Å². The third-order valence-corrected chi connectivity index (χ3v) is 5.90. The Labute approximate surface area is 160 Å². The van der Waals surface area contributed by atoms with Gasteiger partial charge >= 0.3 is 5.97 Å². The predicted octanol–water partition coefficient (Wildman–Crippen LogP) is 4.21. The van der Waals surface area contributed by atoms with E-state index in [0.29, 0.717) is 24.0 Å². The van der Waals surface area contributed by atoms with Gasteiger partial charge < -0.3 is 9.30 Å². The average molecular weight is 386 g/mol. The van der Waals surface area contributed by atoms with Gasteiger partial charge in [0.15, 0.2) is 5.16 Å². The summed E-state index contributed by atoms with van der Waals surface area (Å²) in [5, 5.41) is 11.8. The molecule has 0 bridgehead atoms. The quantitative estimate of drug-likeness (QED) is 0.330. The van der Waals surface area contributed by atoms with Crippen LogP contribution in [0.1, 0.15) is 39.9 Å². The molecule has 1 aliphatic rings. The summed E-state index contributed by atoms with van der Waals surface area (Å²) in [5.74, 6) is 1.41. The number of rotatable bonds is 8. The highest BCUT2D eigenvalue weighted by Crippen LogP contribution is 2.39. The number of benzene rings is 1. The van der Waals surface area contributed by atoms with Crippen LogP contribution in [-0.4, -0.2) is 33.1 Å². The molecule has 1 aromatic carbocycles. The van der Waals surface area contributed by atoms with Crippen molar-refractivity contribution in [3.8, 4) is 0 Å². The van der Waals surface area contributed by atoms with Crippen molar-refractivity contribution in [2.45, 2.75) is 30.5 Å². The SMILES string of the molecule is O=C(OCCSc1nnc(Cc2cccs2)n1C1CC1)c1ccccc1. The van der Waals surface area contributed by atoms with Crippen LogP contribution in [0.25, 0.3) is 0 Å². The first kappa shape index (κ1) is 17.3. The van der Waals surface area contributed by atoms with E-state index < -0.39 is 0 Å². The van der Waals surface area contributed by atoms with E-state index in [0.717, 1.165) is 17.4 Å². The van der Waals surface area contributed by atoms with E-state index >= 15 is 0 Å². The van der Waals surface area contributed by atoms with Gasteiger partial charge in [-0.1, -0.05) is 36.0 Å². The lowest BCUT2D eigenvalue weighted by atomic mass is 10.2. The number of carbonyl (C=O) groups excluding carboxylic acids is 1. The Bertz CT molecular complexity index is 858. The van der Waals surface area contributed by atoms with Crippen molar-refractivity contribution in [1.29, 1.82) is 0 Å². The largest absolute Gasteiger partial charge is 0.461 e. The summed E-state index contributed by atoms with van der Waals surface area (Å²) in [6.07, 6.45) is 3.20. The molecule has 1 fully saturated rings. The minimum Gasteiger partial charge on any atom is -0.461 e. The Morgan fingerprint density at radius 3 is 2.77 bits per heavy atom. The van der Waals surface area contributed by atoms with Crippen LogP contribution in [0.4, 0.5) is 0 Å². The van der Waals surface area contributed by atoms with E-state index in [1.165, 1.54) is 17.7 Å². The molecule has 2 aromatic heterocycles. The molecule has 0 spiro atoms. The van der Waals surface area contributed by atoms with Crippen LogP contribution in [0, 0.1) is 0 Å². The number of thioether (sulfide) groups is 1. The molecule has 5 nitrogen and oxygen atoms in total. The van der Waals surface area contributed by atoms with Crippen molar-refractivity contribution in [3.63, 3.8) is 0 Å². The van der Waals surface area contributed by atoms with Crippen molar-refractivity contribution in [2.24, 2.45) is 0 Å². The van der Waals surface area contributed by atoms with Gasteiger partial charge in [0.2, 0.25) is 0 Å². The van der Waals surface area contributed by atoms with Gasteiger partial charge in [0.1, 0.15) is 12.4 Å². The summed E-state index contributed by atoms with van der Waals surface area (Å²) in [7, 11) is 0. The molecule has 7 heteroatoms. The molecule has 1 saturated carbocycles. The van der Waals surface area contributed by atoms with Gasteiger partial charge in [-0.2, -0.15) is 0 Å². The monoisotopic (exact) mass is 385 g/mol. The molecule has 0 unspecified atom stereocenters. The zero-order valence-electron chi connectivity index (χ0n) is 14.2. The number of hydrogen-bond acceptors (Lipinski definition) is 6. The molecule has 0 aliphatic heterocycles. The second-order valence-corrected chi connectivity index (χ2v) is 8.20. The maximum atomic E-state index is 12.0. The predicted molar refractivity (Wildman–Crippen MR) is 103 cm³/mol. The molecule has 0 atom stereocenters. The molecule has 4 rings (SSSR count). The van der Waals surface area contributed by atoms with Crippen LogP contribution >= 0.6 is 23.1 Å². The van der Waals surface area contributed by atoms with Crippen LogP contribution in [0.5, 0.6) is 0 Å². The smallest absolute Gasteiger partial charge is 0.338 e. The van der Waals surface area contributed by atoms with Gasteiger partial charge in [-0.25, -0.2) is 4.79 Å². The van der Waals surface area contributed by atoms with Crippen LogP contribution in [0.2, 0.25) is 0 Å². The molecular weight excluding hydrogens is 366 g/mol. The second kappa shape index (κ2) is 8.05. The van der Waals surface area contributed by atoms with Crippen molar-refractivity contribution in [1.82, 2.24) is 14.8 Å². The maximum Gasteiger partial charge on any atom is 0.338 e. The molecule has 0 N–H and O–H groups in total. The highest BCUT2D eigenvalue weighted by Gasteiger charge is 2.29. The molecule has 0 amide bonds. The molecule has 0 radical (unpaired) electrons. The zero-order valence-corrected chi connectivity index (χ0v) is 15.8.